The molecule has 0 aliphatic carbocycles. The topological polar surface area (TPSA) is 43.5 Å². The van der Waals surface area contributed by atoms with Crippen molar-refractivity contribution in [3.8, 4) is 0 Å². The van der Waals surface area contributed by atoms with E-state index in [1.165, 1.54) is 0 Å². The molecule has 2 aliphatic heterocycles. The second kappa shape index (κ2) is 7.32. The van der Waals surface area contributed by atoms with Crippen LogP contribution < -0.4 is 0 Å². The molecule has 0 aromatic carbocycles. The fourth-order valence-electron chi connectivity index (χ4n) is 1.89. The fraction of sp³-hybridized carbons (Fsp3) is 1.00. The summed E-state index contributed by atoms with van der Waals surface area (Å²) in [5.74, 6) is -19.3. The van der Waals surface area contributed by atoms with Crippen molar-refractivity contribution in [2.75, 3.05) is 33.0 Å². The average Bonchev–Trinajstić information content (AvgIpc) is 3.37. The molecule has 0 radical (unpaired) electrons. The number of rotatable bonds is 11. The van der Waals surface area contributed by atoms with Crippen molar-refractivity contribution in [3.05, 3.63) is 0 Å². The number of ether oxygens (including phenoxy) is 4. The van der Waals surface area contributed by atoms with Gasteiger partial charge >= 0.3 is 23.9 Å². The van der Waals surface area contributed by atoms with Crippen molar-refractivity contribution >= 4 is 0 Å². The Bertz CT molecular complexity index is 475. The van der Waals surface area contributed by atoms with E-state index in [2.05, 4.69) is 0 Å². The highest BCUT2D eigenvalue weighted by Crippen LogP contribution is 2.54. The maximum atomic E-state index is 13.7. The van der Waals surface area contributed by atoms with Gasteiger partial charge in [-0.1, -0.05) is 0 Å². The van der Waals surface area contributed by atoms with Crippen molar-refractivity contribution in [2.24, 2.45) is 0 Å². The van der Waals surface area contributed by atoms with E-state index in [4.69, 9.17) is 18.9 Å². The fourth-order valence-corrected chi connectivity index (χ4v) is 1.89. The molecule has 0 N–H and O–H groups in total. The van der Waals surface area contributed by atoms with Gasteiger partial charge in [0.1, 0.15) is 12.2 Å². The van der Waals surface area contributed by atoms with Crippen LogP contribution in [-0.4, -0.2) is 75.3 Å². The van der Waals surface area contributed by atoms with E-state index in [9.17, 15) is 39.5 Å². The Labute approximate surface area is 141 Å². The highest BCUT2D eigenvalue weighted by Gasteiger charge is 2.81. The predicted octanol–water partition coefficient (Wildman–Crippen LogP) is 3.04. The second-order valence-electron chi connectivity index (χ2n) is 5.96. The normalized spacial score (nSPS) is 25.3. The van der Waals surface area contributed by atoms with Crippen molar-refractivity contribution in [3.63, 3.8) is 0 Å². The molecule has 2 fully saturated rings. The lowest BCUT2D eigenvalue weighted by atomic mass is 9.98. The number of hydrogen-bond acceptors (Lipinski definition) is 4. The summed E-state index contributed by atoms with van der Waals surface area (Å²) in [6.07, 6.45) is -11.6. The summed E-state index contributed by atoms with van der Waals surface area (Å²) in [6.45, 7) is -0.544. The van der Waals surface area contributed by atoms with Gasteiger partial charge in [0.2, 0.25) is 0 Å². The van der Waals surface area contributed by atoms with Crippen molar-refractivity contribution in [2.45, 2.75) is 48.7 Å². The molecule has 13 heteroatoms. The summed E-state index contributed by atoms with van der Waals surface area (Å²) in [5, 5.41) is 0. The summed E-state index contributed by atoms with van der Waals surface area (Å²) in [5.41, 5.74) is 0. The molecule has 0 bridgehead atoms. The molecule has 3 atom stereocenters. The molecule has 0 aromatic rings. The standard InChI is InChI=1S/C13H15F9O4/c14-10(15,11(16,17)12(18,19)13(20,21)22)1-7(24-5-9-6-26-9)2-23-3-8-4-25-8/h7-9H,1-6H2. The molecular weight excluding hydrogens is 391 g/mol. The Balaban J connectivity index is 2.03. The van der Waals surface area contributed by atoms with Crippen LogP contribution in [0.5, 0.6) is 0 Å². The minimum Gasteiger partial charge on any atom is -0.376 e. The van der Waals surface area contributed by atoms with E-state index in [0.29, 0.717) is 6.61 Å². The molecule has 0 aromatic heterocycles. The van der Waals surface area contributed by atoms with Gasteiger partial charge in [0.25, 0.3) is 0 Å². The SMILES string of the molecule is FC(F)(F)C(F)(F)C(F)(F)C(F)(F)CC(COCC1CO1)OCC1CO1. The summed E-state index contributed by atoms with van der Waals surface area (Å²) < 4.78 is 135. The largest absolute Gasteiger partial charge is 0.460 e. The van der Waals surface area contributed by atoms with Gasteiger partial charge in [-0.05, 0) is 0 Å². The van der Waals surface area contributed by atoms with Gasteiger partial charge < -0.3 is 18.9 Å². The summed E-state index contributed by atoms with van der Waals surface area (Å²) >= 11 is 0. The number of hydrogen-bond donors (Lipinski definition) is 0. The van der Waals surface area contributed by atoms with E-state index in [1.807, 2.05) is 0 Å². The highest BCUT2D eigenvalue weighted by molar-refractivity contribution is 5.01. The van der Waals surface area contributed by atoms with Crippen LogP contribution in [0.3, 0.4) is 0 Å². The highest BCUT2D eigenvalue weighted by atomic mass is 19.4. The number of epoxide rings is 2. The second-order valence-corrected chi connectivity index (χ2v) is 5.96. The Kier molecular flexibility index (Phi) is 6.06. The first-order chi connectivity index (χ1) is 11.8. The van der Waals surface area contributed by atoms with E-state index < -0.39 is 49.2 Å². The van der Waals surface area contributed by atoms with Crippen LogP contribution in [0.4, 0.5) is 39.5 Å². The molecule has 2 heterocycles. The lowest BCUT2D eigenvalue weighted by Crippen LogP contribution is -2.61. The smallest absolute Gasteiger partial charge is 0.376 e. The van der Waals surface area contributed by atoms with Crippen LogP contribution in [0.1, 0.15) is 6.42 Å². The predicted molar refractivity (Wildman–Crippen MR) is 65.6 cm³/mol. The molecular formula is C13H15F9O4. The summed E-state index contributed by atoms with van der Waals surface area (Å²) in [4.78, 5) is 0. The van der Waals surface area contributed by atoms with Crippen LogP contribution in [0.15, 0.2) is 0 Å². The van der Waals surface area contributed by atoms with Crippen LogP contribution in [0.25, 0.3) is 0 Å². The van der Waals surface area contributed by atoms with Gasteiger partial charge in [0.05, 0.1) is 39.1 Å². The molecule has 0 spiro atoms. The van der Waals surface area contributed by atoms with Gasteiger partial charge in [-0.2, -0.15) is 39.5 Å². The van der Waals surface area contributed by atoms with Gasteiger partial charge in [0, 0.05) is 6.42 Å². The van der Waals surface area contributed by atoms with Crippen LogP contribution in [0.2, 0.25) is 0 Å². The Hall–Kier alpha value is -0.790. The summed E-state index contributed by atoms with van der Waals surface area (Å²) in [7, 11) is 0. The zero-order valence-corrected chi connectivity index (χ0v) is 13.0. The first-order valence-corrected chi connectivity index (χ1v) is 7.40. The van der Waals surface area contributed by atoms with Gasteiger partial charge in [-0.3, -0.25) is 0 Å². The van der Waals surface area contributed by atoms with Gasteiger partial charge in [-0.15, -0.1) is 0 Å². The van der Waals surface area contributed by atoms with Crippen LogP contribution in [-0.2, 0) is 18.9 Å². The van der Waals surface area contributed by atoms with E-state index in [1.54, 1.807) is 0 Å². The molecule has 3 unspecified atom stereocenters. The molecule has 0 saturated carbocycles. The Morgan fingerprint density at radius 3 is 1.77 bits per heavy atom. The maximum absolute atomic E-state index is 13.7. The quantitative estimate of drug-likeness (QED) is 0.391. The minimum atomic E-state index is -6.92. The molecule has 26 heavy (non-hydrogen) atoms. The third-order valence-electron chi connectivity index (χ3n) is 3.62. The average molecular weight is 406 g/mol. The molecule has 4 nitrogen and oxygen atoms in total. The molecule has 0 amide bonds. The molecule has 2 saturated heterocycles. The van der Waals surface area contributed by atoms with E-state index in [0.717, 1.165) is 0 Å². The van der Waals surface area contributed by atoms with Crippen LogP contribution in [0, 0.1) is 0 Å². The molecule has 2 rings (SSSR count). The molecule has 2 aliphatic rings. The third-order valence-corrected chi connectivity index (χ3v) is 3.62. The molecule has 154 valence electrons. The van der Waals surface area contributed by atoms with Crippen molar-refractivity contribution < 1.29 is 58.5 Å². The first kappa shape index (κ1) is 21.5. The zero-order chi connectivity index (χ0) is 19.8. The lowest BCUT2D eigenvalue weighted by Gasteiger charge is -2.35. The van der Waals surface area contributed by atoms with Crippen molar-refractivity contribution in [1.29, 1.82) is 0 Å². The monoisotopic (exact) mass is 406 g/mol. The first-order valence-electron chi connectivity index (χ1n) is 7.40. The third kappa shape index (κ3) is 4.93. The zero-order valence-electron chi connectivity index (χ0n) is 13.0. The van der Waals surface area contributed by atoms with Crippen LogP contribution >= 0.6 is 0 Å². The van der Waals surface area contributed by atoms with Gasteiger partial charge in [-0.25, -0.2) is 0 Å². The lowest BCUT2D eigenvalue weighted by molar-refractivity contribution is -0.398. The Morgan fingerprint density at radius 1 is 0.808 bits per heavy atom. The van der Waals surface area contributed by atoms with Crippen molar-refractivity contribution in [1.82, 2.24) is 0 Å². The van der Waals surface area contributed by atoms with E-state index >= 15 is 0 Å². The summed E-state index contributed by atoms with van der Waals surface area (Å²) in [6, 6.07) is 0. The van der Waals surface area contributed by atoms with E-state index in [-0.39, 0.29) is 25.9 Å². The van der Waals surface area contributed by atoms with Gasteiger partial charge in [0.15, 0.2) is 0 Å². The maximum Gasteiger partial charge on any atom is 0.460 e. The minimum absolute atomic E-state index is 0.0829. The Morgan fingerprint density at radius 2 is 1.31 bits per heavy atom. The number of alkyl halides is 9. The number of halogens is 9.